The van der Waals surface area contributed by atoms with Crippen molar-refractivity contribution in [2.24, 2.45) is 0 Å². The van der Waals surface area contributed by atoms with Crippen molar-refractivity contribution in [3.8, 4) is 0 Å². The van der Waals surface area contributed by atoms with Gasteiger partial charge in [0, 0.05) is 0 Å². The minimum absolute atomic E-state index is 0.220. The van der Waals surface area contributed by atoms with Crippen molar-refractivity contribution in [3.63, 3.8) is 0 Å². The van der Waals surface area contributed by atoms with E-state index >= 15 is 0 Å². The second kappa shape index (κ2) is 5.96. The third-order valence-corrected chi connectivity index (χ3v) is 2.49. The van der Waals surface area contributed by atoms with E-state index in [-0.39, 0.29) is 6.42 Å². The lowest BCUT2D eigenvalue weighted by Gasteiger charge is -2.15. The number of carbonyl (C=O) groups excluding carboxylic acids is 1. The van der Waals surface area contributed by atoms with E-state index in [1.54, 1.807) is 6.92 Å². The highest BCUT2D eigenvalue weighted by Crippen LogP contribution is 2.23. The number of amides is 1. The van der Waals surface area contributed by atoms with Gasteiger partial charge in [0.1, 0.15) is 5.56 Å². The van der Waals surface area contributed by atoms with E-state index in [0.717, 1.165) is 0 Å². The minimum atomic E-state index is -2.33. The van der Waals surface area contributed by atoms with Crippen molar-refractivity contribution in [3.05, 3.63) is 34.6 Å². The Balaban J connectivity index is 3.24. The van der Waals surface area contributed by atoms with Crippen molar-refractivity contribution >= 4 is 5.91 Å². The first-order valence-electron chi connectivity index (χ1n) is 5.28. The summed E-state index contributed by atoms with van der Waals surface area (Å²) < 4.78 is 65.0. The van der Waals surface area contributed by atoms with Gasteiger partial charge in [0.2, 0.25) is 5.82 Å². The van der Waals surface area contributed by atoms with Crippen LogP contribution in [-0.4, -0.2) is 23.7 Å². The third-order valence-electron chi connectivity index (χ3n) is 2.49. The topological polar surface area (TPSA) is 49.3 Å². The summed E-state index contributed by atoms with van der Waals surface area (Å²) in [5.74, 6) is -12.6. The second-order valence-electron chi connectivity index (χ2n) is 3.71. The molecule has 1 rings (SSSR count). The maximum atomic E-state index is 13.3. The van der Waals surface area contributed by atoms with Gasteiger partial charge < -0.3 is 10.4 Å². The Labute approximate surface area is 105 Å². The van der Waals surface area contributed by atoms with E-state index in [1.165, 1.54) is 0 Å². The molecule has 3 nitrogen and oxygen atoms in total. The van der Waals surface area contributed by atoms with Gasteiger partial charge in [-0.15, -0.1) is 0 Å². The van der Waals surface area contributed by atoms with Crippen molar-refractivity contribution in [2.75, 3.05) is 6.61 Å². The molecule has 0 fully saturated rings. The fraction of sp³-hybridized carbons (Fsp3) is 0.364. The fourth-order valence-electron chi connectivity index (χ4n) is 1.34. The molecule has 0 aliphatic heterocycles. The van der Waals surface area contributed by atoms with Gasteiger partial charge in [-0.2, -0.15) is 0 Å². The van der Waals surface area contributed by atoms with Crippen LogP contribution in [0.5, 0.6) is 0 Å². The number of rotatable bonds is 4. The van der Waals surface area contributed by atoms with Crippen molar-refractivity contribution in [1.29, 1.82) is 0 Å². The molecule has 1 aromatic rings. The first-order chi connectivity index (χ1) is 8.84. The number of hydrogen-bond acceptors (Lipinski definition) is 2. The maximum absolute atomic E-state index is 13.3. The zero-order chi connectivity index (χ0) is 14.7. The molecule has 1 aromatic carbocycles. The summed E-state index contributed by atoms with van der Waals surface area (Å²) in [7, 11) is 0. The number of halogens is 5. The van der Waals surface area contributed by atoms with Gasteiger partial charge in [0.15, 0.2) is 23.3 Å². The van der Waals surface area contributed by atoms with Crippen LogP contribution in [0.1, 0.15) is 23.7 Å². The Hall–Kier alpha value is -1.70. The van der Waals surface area contributed by atoms with Crippen LogP contribution >= 0.6 is 0 Å². The van der Waals surface area contributed by atoms with Crippen molar-refractivity contribution in [2.45, 2.75) is 19.4 Å². The van der Waals surface area contributed by atoms with Gasteiger partial charge >= 0.3 is 0 Å². The standard InChI is InChI=1S/C11H10F5NO2/c1-2-4(3-18)17-11(19)5-6(12)8(14)10(16)9(15)7(5)13/h4,18H,2-3H2,1H3,(H,17,19). The summed E-state index contributed by atoms with van der Waals surface area (Å²) in [5, 5.41) is 10.8. The molecule has 0 saturated heterocycles. The molecule has 106 valence electrons. The molecule has 8 heteroatoms. The van der Waals surface area contributed by atoms with E-state index in [9.17, 15) is 26.7 Å². The third kappa shape index (κ3) is 2.83. The maximum Gasteiger partial charge on any atom is 0.257 e. The molecule has 1 unspecified atom stereocenters. The van der Waals surface area contributed by atoms with Gasteiger partial charge in [-0.3, -0.25) is 4.79 Å². The summed E-state index contributed by atoms with van der Waals surface area (Å²) >= 11 is 0. The van der Waals surface area contributed by atoms with Gasteiger partial charge in [-0.1, -0.05) is 6.92 Å². The van der Waals surface area contributed by atoms with Crippen LogP contribution in [0.15, 0.2) is 0 Å². The molecule has 19 heavy (non-hydrogen) atoms. The summed E-state index contributed by atoms with van der Waals surface area (Å²) in [4.78, 5) is 11.5. The van der Waals surface area contributed by atoms with Crippen LogP contribution in [0.3, 0.4) is 0 Å². The molecule has 0 radical (unpaired) electrons. The molecule has 1 atom stereocenters. The first-order valence-corrected chi connectivity index (χ1v) is 5.28. The molecular weight excluding hydrogens is 273 g/mol. The van der Waals surface area contributed by atoms with Crippen LogP contribution in [0, 0.1) is 29.1 Å². The lowest BCUT2D eigenvalue weighted by Crippen LogP contribution is -2.38. The Morgan fingerprint density at radius 3 is 1.84 bits per heavy atom. The Morgan fingerprint density at radius 1 is 1.05 bits per heavy atom. The molecule has 0 aliphatic carbocycles. The van der Waals surface area contributed by atoms with Crippen LogP contribution in [0.4, 0.5) is 22.0 Å². The average Bonchev–Trinajstić information content (AvgIpc) is 2.40. The van der Waals surface area contributed by atoms with Crippen molar-refractivity contribution < 1.29 is 31.9 Å². The van der Waals surface area contributed by atoms with E-state index in [4.69, 9.17) is 5.11 Å². The molecular formula is C11H10F5NO2. The zero-order valence-corrected chi connectivity index (χ0v) is 9.74. The summed E-state index contributed by atoms with van der Waals surface area (Å²) in [6.45, 7) is 1.03. The summed E-state index contributed by atoms with van der Waals surface area (Å²) in [6.07, 6.45) is 0.220. The van der Waals surface area contributed by atoms with Gasteiger partial charge in [-0.05, 0) is 6.42 Å². The highest BCUT2D eigenvalue weighted by Gasteiger charge is 2.30. The molecule has 0 heterocycles. The number of aliphatic hydroxyl groups excluding tert-OH is 1. The molecule has 0 spiro atoms. The quantitative estimate of drug-likeness (QED) is 0.503. The Kier molecular flexibility index (Phi) is 4.82. The summed E-state index contributed by atoms with van der Waals surface area (Å²) in [6, 6.07) is -0.845. The van der Waals surface area contributed by atoms with Gasteiger partial charge in [0.25, 0.3) is 5.91 Å². The normalized spacial score (nSPS) is 12.4. The van der Waals surface area contributed by atoms with E-state index < -0.39 is 53.2 Å². The average molecular weight is 283 g/mol. The van der Waals surface area contributed by atoms with Crippen LogP contribution in [-0.2, 0) is 0 Å². The molecule has 1 amide bonds. The highest BCUT2D eigenvalue weighted by molar-refractivity contribution is 5.95. The smallest absolute Gasteiger partial charge is 0.257 e. The van der Waals surface area contributed by atoms with Crippen LogP contribution < -0.4 is 5.32 Å². The highest BCUT2D eigenvalue weighted by atomic mass is 19.2. The minimum Gasteiger partial charge on any atom is -0.394 e. The lowest BCUT2D eigenvalue weighted by atomic mass is 10.1. The fourth-order valence-corrected chi connectivity index (χ4v) is 1.34. The number of aliphatic hydroxyl groups is 1. The van der Waals surface area contributed by atoms with E-state index in [2.05, 4.69) is 0 Å². The molecule has 0 aromatic heterocycles. The lowest BCUT2D eigenvalue weighted by molar-refractivity contribution is 0.0903. The number of hydrogen-bond donors (Lipinski definition) is 2. The Morgan fingerprint density at radius 2 is 1.47 bits per heavy atom. The molecule has 2 N–H and O–H groups in total. The number of nitrogens with one attached hydrogen (secondary N) is 1. The van der Waals surface area contributed by atoms with E-state index in [1.807, 2.05) is 5.32 Å². The van der Waals surface area contributed by atoms with Gasteiger partial charge in [-0.25, -0.2) is 22.0 Å². The molecule has 0 aliphatic rings. The van der Waals surface area contributed by atoms with Crippen LogP contribution in [0.2, 0.25) is 0 Å². The predicted octanol–water partition coefficient (Wildman–Crippen LogP) is 1.88. The zero-order valence-electron chi connectivity index (χ0n) is 9.74. The summed E-state index contributed by atoms with van der Waals surface area (Å²) in [5.41, 5.74) is -1.57. The second-order valence-corrected chi connectivity index (χ2v) is 3.71. The largest absolute Gasteiger partial charge is 0.394 e. The number of benzene rings is 1. The monoisotopic (exact) mass is 283 g/mol. The van der Waals surface area contributed by atoms with E-state index in [0.29, 0.717) is 0 Å². The SMILES string of the molecule is CCC(CO)NC(=O)c1c(F)c(F)c(F)c(F)c1F. The van der Waals surface area contributed by atoms with Gasteiger partial charge in [0.05, 0.1) is 12.6 Å². The van der Waals surface area contributed by atoms with Crippen LogP contribution in [0.25, 0.3) is 0 Å². The molecule has 0 bridgehead atoms. The predicted molar refractivity (Wildman–Crippen MR) is 54.9 cm³/mol. The molecule has 0 saturated carbocycles. The first kappa shape index (κ1) is 15.4. The number of carbonyl (C=O) groups is 1. The van der Waals surface area contributed by atoms with Crippen molar-refractivity contribution in [1.82, 2.24) is 5.32 Å². The Bertz CT molecular complexity index is 473.